The van der Waals surface area contributed by atoms with Crippen LogP contribution in [0.5, 0.6) is 0 Å². The van der Waals surface area contributed by atoms with Crippen molar-refractivity contribution in [3.8, 4) is 0 Å². The number of hydrogen-bond acceptors (Lipinski definition) is 2. The molecule has 4 heteroatoms. The van der Waals surface area contributed by atoms with Crippen LogP contribution < -0.4 is 0 Å². The smallest absolute Gasteiger partial charge is 0.227 e. The highest BCUT2D eigenvalue weighted by atomic mass is 79.9. The second kappa shape index (κ2) is 4.48. The Morgan fingerprint density at radius 2 is 1.89 bits per heavy atom. The minimum Gasteiger partial charge on any atom is -0.373 e. The quantitative estimate of drug-likeness (QED) is 0.733. The van der Waals surface area contributed by atoms with Gasteiger partial charge in [-0.3, -0.25) is 4.79 Å². The SMILES string of the molecule is CC1COC(CBr)CN1C(=O)C1C(C)(C)C1(C)C. The normalized spacial score (nSPS) is 34.4. The third-order valence-corrected chi connectivity index (χ3v) is 5.95. The summed E-state index contributed by atoms with van der Waals surface area (Å²) in [4.78, 5) is 14.7. The molecule has 18 heavy (non-hydrogen) atoms. The highest BCUT2D eigenvalue weighted by Crippen LogP contribution is 2.68. The Bertz CT molecular complexity index is 340. The average Bonchev–Trinajstić information content (AvgIpc) is 2.69. The highest BCUT2D eigenvalue weighted by molar-refractivity contribution is 9.09. The summed E-state index contributed by atoms with van der Waals surface area (Å²) < 4.78 is 5.68. The lowest BCUT2D eigenvalue weighted by molar-refractivity contribution is -0.145. The van der Waals surface area contributed by atoms with Crippen molar-refractivity contribution >= 4 is 21.8 Å². The Morgan fingerprint density at radius 3 is 2.33 bits per heavy atom. The number of amides is 1. The van der Waals surface area contributed by atoms with E-state index in [2.05, 4.69) is 50.5 Å². The zero-order chi connectivity index (χ0) is 13.7. The summed E-state index contributed by atoms with van der Waals surface area (Å²) >= 11 is 3.44. The summed E-state index contributed by atoms with van der Waals surface area (Å²) in [5, 5.41) is 0.793. The number of ether oxygens (including phenoxy) is 1. The molecule has 2 rings (SSSR count). The first-order valence-corrected chi connectivity index (χ1v) is 7.83. The van der Waals surface area contributed by atoms with Gasteiger partial charge >= 0.3 is 0 Å². The Balaban J connectivity index is 2.10. The largest absolute Gasteiger partial charge is 0.373 e. The van der Waals surface area contributed by atoms with Gasteiger partial charge in [0.1, 0.15) is 0 Å². The summed E-state index contributed by atoms with van der Waals surface area (Å²) in [5.74, 6) is 0.466. The number of rotatable bonds is 2. The van der Waals surface area contributed by atoms with E-state index in [1.165, 1.54) is 0 Å². The van der Waals surface area contributed by atoms with E-state index in [4.69, 9.17) is 4.74 Å². The molecule has 2 atom stereocenters. The molecule has 1 saturated heterocycles. The monoisotopic (exact) mass is 317 g/mol. The minimum absolute atomic E-state index is 0.117. The van der Waals surface area contributed by atoms with Crippen LogP contribution in [0.4, 0.5) is 0 Å². The van der Waals surface area contributed by atoms with Crippen LogP contribution in [-0.2, 0) is 9.53 Å². The van der Waals surface area contributed by atoms with Gasteiger partial charge in [-0.05, 0) is 17.8 Å². The van der Waals surface area contributed by atoms with Gasteiger partial charge in [0, 0.05) is 17.8 Å². The molecule has 1 amide bonds. The van der Waals surface area contributed by atoms with Crippen LogP contribution in [0, 0.1) is 16.7 Å². The van der Waals surface area contributed by atoms with Gasteiger partial charge in [0.25, 0.3) is 0 Å². The molecule has 2 aliphatic rings. The Labute approximate surface area is 118 Å². The summed E-state index contributed by atoms with van der Waals surface area (Å²) in [5.41, 5.74) is 0.234. The Morgan fingerprint density at radius 1 is 1.33 bits per heavy atom. The van der Waals surface area contributed by atoms with E-state index in [1.54, 1.807) is 0 Å². The van der Waals surface area contributed by atoms with Gasteiger partial charge in [0.2, 0.25) is 5.91 Å². The molecule has 0 aromatic carbocycles. The van der Waals surface area contributed by atoms with Crippen LogP contribution in [0.3, 0.4) is 0 Å². The van der Waals surface area contributed by atoms with E-state index >= 15 is 0 Å². The molecule has 1 aliphatic heterocycles. The molecule has 0 aromatic rings. The molecule has 0 spiro atoms. The fourth-order valence-corrected chi connectivity index (χ4v) is 3.59. The van der Waals surface area contributed by atoms with E-state index in [0.717, 1.165) is 5.33 Å². The summed E-state index contributed by atoms with van der Waals surface area (Å²) in [6.07, 6.45) is 0.134. The van der Waals surface area contributed by atoms with Gasteiger partial charge in [-0.2, -0.15) is 0 Å². The molecule has 2 unspecified atom stereocenters. The molecular formula is C14H24BrNO2. The van der Waals surface area contributed by atoms with Crippen LogP contribution in [0.1, 0.15) is 34.6 Å². The van der Waals surface area contributed by atoms with E-state index in [9.17, 15) is 4.79 Å². The molecular weight excluding hydrogens is 294 g/mol. The van der Waals surface area contributed by atoms with Gasteiger partial charge in [-0.1, -0.05) is 43.6 Å². The molecule has 0 radical (unpaired) electrons. The molecule has 2 fully saturated rings. The van der Waals surface area contributed by atoms with Crippen molar-refractivity contribution < 1.29 is 9.53 Å². The Hall–Kier alpha value is -0.0900. The zero-order valence-corrected chi connectivity index (χ0v) is 13.6. The molecule has 1 saturated carbocycles. The topological polar surface area (TPSA) is 29.5 Å². The fourth-order valence-electron chi connectivity index (χ4n) is 3.20. The van der Waals surface area contributed by atoms with Crippen LogP contribution >= 0.6 is 15.9 Å². The van der Waals surface area contributed by atoms with Crippen LogP contribution in [0.15, 0.2) is 0 Å². The van der Waals surface area contributed by atoms with Gasteiger partial charge in [0.05, 0.1) is 18.8 Å². The number of alkyl halides is 1. The van der Waals surface area contributed by atoms with Crippen molar-refractivity contribution in [2.45, 2.75) is 46.8 Å². The van der Waals surface area contributed by atoms with Crippen molar-refractivity contribution in [2.75, 3.05) is 18.5 Å². The van der Waals surface area contributed by atoms with Crippen molar-refractivity contribution in [2.24, 2.45) is 16.7 Å². The predicted molar refractivity (Wildman–Crippen MR) is 75.8 cm³/mol. The highest BCUT2D eigenvalue weighted by Gasteiger charge is 2.69. The predicted octanol–water partition coefficient (Wildman–Crippen LogP) is 2.68. The number of carbonyl (C=O) groups is 1. The molecule has 0 bridgehead atoms. The molecule has 0 N–H and O–H groups in total. The van der Waals surface area contributed by atoms with E-state index in [-0.39, 0.29) is 28.9 Å². The lowest BCUT2D eigenvalue weighted by atomic mass is 10.0. The number of halogens is 1. The molecule has 0 aromatic heterocycles. The fraction of sp³-hybridized carbons (Fsp3) is 0.929. The number of nitrogens with zero attached hydrogens (tertiary/aromatic N) is 1. The van der Waals surface area contributed by atoms with E-state index in [0.29, 0.717) is 19.1 Å². The molecule has 1 aliphatic carbocycles. The zero-order valence-electron chi connectivity index (χ0n) is 12.0. The number of morpholine rings is 1. The third-order valence-electron chi connectivity index (χ3n) is 5.23. The van der Waals surface area contributed by atoms with Crippen molar-refractivity contribution in [1.29, 1.82) is 0 Å². The lowest BCUT2D eigenvalue weighted by Crippen LogP contribution is -2.52. The Kier molecular flexibility index (Phi) is 3.56. The van der Waals surface area contributed by atoms with Crippen molar-refractivity contribution in [1.82, 2.24) is 4.90 Å². The van der Waals surface area contributed by atoms with Crippen LogP contribution in [0.25, 0.3) is 0 Å². The average molecular weight is 318 g/mol. The maximum atomic E-state index is 12.7. The van der Waals surface area contributed by atoms with Crippen LogP contribution in [0.2, 0.25) is 0 Å². The summed E-state index contributed by atoms with van der Waals surface area (Å²) in [7, 11) is 0. The molecule has 3 nitrogen and oxygen atoms in total. The first-order valence-electron chi connectivity index (χ1n) is 6.71. The van der Waals surface area contributed by atoms with Gasteiger partial charge in [-0.25, -0.2) is 0 Å². The molecule has 1 heterocycles. The number of hydrogen-bond donors (Lipinski definition) is 0. The second-order valence-electron chi connectivity index (χ2n) is 6.83. The lowest BCUT2D eigenvalue weighted by Gasteiger charge is -2.38. The van der Waals surface area contributed by atoms with Gasteiger partial charge < -0.3 is 9.64 Å². The van der Waals surface area contributed by atoms with Crippen molar-refractivity contribution in [3.05, 3.63) is 0 Å². The standard InChI is InChI=1S/C14H24BrNO2/c1-9-8-18-10(6-15)7-16(9)12(17)11-13(2,3)14(11,4)5/h9-11H,6-8H2,1-5H3. The van der Waals surface area contributed by atoms with Crippen molar-refractivity contribution in [3.63, 3.8) is 0 Å². The van der Waals surface area contributed by atoms with E-state index < -0.39 is 0 Å². The van der Waals surface area contributed by atoms with Gasteiger partial charge in [-0.15, -0.1) is 0 Å². The summed E-state index contributed by atoms with van der Waals surface area (Å²) in [6.45, 7) is 12.2. The van der Waals surface area contributed by atoms with E-state index in [1.807, 2.05) is 4.90 Å². The van der Waals surface area contributed by atoms with Gasteiger partial charge in [0.15, 0.2) is 0 Å². The maximum absolute atomic E-state index is 12.7. The third kappa shape index (κ3) is 2.01. The number of carbonyl (C=O) groups excluding carboxylic acids is 1. The summed E-state index contributed by atoms with van der Waals surface area (Å²) in [6, 6.07) is 0.194. The first-order chi connectivity index (χ1) is 8.23. The minimum atomic E-state index is 0.117. The molecule has 104 valence electrons. The maximum Gasteiger partial charge on any atom is 0.227 e. The first kappa shape index (κ1) is 14.3. The second-order valence-corrected chi connectivity index (χ2v) is 7.47. The van der Waals surface area contributed by atoms with Crippen LogP contribution in [-0.4, -0.2) is 41.4 Å².